The molecule has 0 spiro atoms. The van der Waals surface area contributed by atoms with Crippen LogP contribution in [0.4, 0.5) is 11.4 Å². The summed E-state index contributed by atoms with van der Waals surface area (Å²) in [6.45, 7) is 5.45. The van der Waals surface area contributed by atoms with Gasteiger partial charge in [-0.3, -0.25) is 9.59 Å². The van der Waals surface area contributed by atoms with Crippen LogP contribution in [-0.4, -0.2) is 36.6 Å². The molecule has 6 nitrogen and oxygen atoms in total. The molecule has 1 aliphatic rings. The predicted octanol–water partition coefficient (Wildman–Crippen LogP) is 11.4. The fourth-order valence-electron chi connectivity index (χ4n) is 6.22. The lowest BCUT2D eigenvalue weighted by Gasteiger charge is -2.21. The smallest absolute Gasteiger partial charge is 0.221 e. The Balaban J connectivity index is 1.53. The number of ether oxygens (including phenoxy) is 2. The first-order valence-electron chi connectivity index (χ1n) is 18.5. The minimum absolute atomic E-state index is 0.231. The molecule has 0 N–H and O–H groups in total. The van der Waals surface area contributed by atoms with Crippen LogP contribution in [0, 0.1) is 0 Å². The summed E-state index contributed by atoms with van der Waals surface area (Å²) in [5.74, 6) is 0.320. The van der Waals surface area contributed by atoms with Gasteiger partial charge in [-0.1, -0.05) is 139 Å². The molecule has 0 aromatic heterocycles. The molecule has 4 aromatic carbocycles. The number of unbranched alkanes of at least 4 members (excludes halogenated alkanes) is 10. The third-order valence-electron chi connectivity index (χ3n) is 8.99. The number of aliphatic imine (C=N–C) groups is 2. The van der Waals surface area contributed by atoms with Crippen LogP contribution in [0.25, 0.3) is 0 Å². The van der Waals surface area contributed by atoms with Crippen LogP contribution in [-0.2, 0) is 9.47 Å². The lowest BCUT2D eigenvalue weighted by molar-refractivity contribution is 0.0980. The second-order valence-electron chi connectivity index (χ2n) is 12.9. The number of hydrogen-bond acceptors (Lipinski definition) is 6. The summed E-state index contributed by atoms with van der Waals surface area (Å²) in [7, 11) is 0. The molecule has 0 atom stereocenters. The number of carbonyl (C=O) groups excluding carboxylic acids is 2. The van der Waals surface area contributed by atoms with Gasteiger partial charge in [-0.2, -0.15) is 0 Å². The molecule has 50 heavy (non-hydrogen) atoms. The maximum absolute atomic E-state index is 14.3. The van der Waals surface area contributed by atoms with Crippen LogP contribution in [0.15, 0.2) is 107 Å². The van der Waals surface area contributed by atoms with Crippen molar-refractivity contribution in [2.24, 2.45) is 9.98 Å². The van der Waals surface area contributed by atoms with Crippen molar-refractivity contribution in [1.29, 1.82) is 0 Å². The van der Waals surface area contributed by atoms with E-state index in [0.717, 1.165) is 36.8 Å². The van der Waals surface area contributed by atoms with Crippen molar-refractivity contribution in [3.63, 3.8) is 0 Å². The van der Waals surface area contributed by atoms with Gasteiger partial charge in [-0.15, -0.1) is 0 Å². The summed E-state index contributed by atoms with van der Waals surface area (Å²) in [4.78, 5) is 38.4. The number of rotatable bonds is 18. The van der Waals surface area contributed by atoms with Crippen molar-refractivity contribution in [3.8, 4) is 0 Å². The molecule has 0 aliphatic heterocycles. The second kappa shape index (κ2) is 19.4. The maximum Gasteiger partial charge on any atom is 0.221 e. The fraction of sp³-hybridized carbons (Fsp3) is 0.364. The zero-order chi connectivity index (χ0) is 35.0. The molecule has 0 fully saturated rings. The number of carbonyl (C=O) groups is 2. The summed E-state index contributed by atoms with van der Waals surface area (Å²) in [5.41, 5.74) is 3.55. The highest BCUT2D eigenvalue weighted by Crippen LogP contribution is 2.39. The standard InChI is InChI=1S/C44H50N2O4/c1-3-5-7-9-11-21-31-49-43(33-23-15-13-16-24-33)45-37-29-30-38(40-39(37)41(47)35-27-19-20-28-36(35)42(40)48)46-44(34-25-17-14-18-26-34)50-32-22-12-10-8-6-4-2/h13-20,23-30H,3-12,21-22,31-32H2,1-2H3. The lowest BCUT2D eigenvalue weighted by atomic mass is 9.82. The van der Waals surface area contributed by atoms with Gasteiger partial charge in [-0.05, 0) is 49.2 Å². The third kappa shape index (κ3) is 9.65. The molecule has 0 saturated heterocycles. The number of nitrogens with zero attached hydrogens (tertiary/aromatic N) is 2. The Bertz CT molecular complexity index is 1630. The monoisotopic (exact) mass is 670 g/mol. The number of fused-ring (bicyclic) bond motifs is 2. The van der Waals surface area contributed by atoms with E-state index in [1.165, 1.54) is 51.4 Å². The maximum atomic E-state index is 14.3. The van der Waals surface area contributed by atoms with E-state index in [0.29, 0.717) is 47.5 Å². The Labute approximate surface area is 297 Å². The highest BCUT2D eigenvalue weighted by Gasteiger charge is 2.34. The molecule has 0 saturated carbocycles. The molecule has 260 valence electrons. The van der Waals surface area contributed by atoms with Gasteiger partial charge in [0, 0.05) is 22.3 Å². The summed E-state index contributed by atoms with van der Waals surface area (Å²) in [6, 6.07) is 29.9. The van der Waals surface area contributed by atoms with Gasteiger partial charge in [0.2, 0.25) is 11.8 Å². The van der Waals surface area contributed by atoms with Crippen LogP contribution in [0.3, 0.4) is 0 Å². The molecule has 0 bridgehead atoms. The Morgan fingerprint density at radius 2 is 0.820 bits per heavy atom. The van der Waals surface area contributed by atoms with Crippen molar-refractivity contribution in [2.45, 2.75) is 90.9 Å². The van der Waals surface area contributed by atoms with Gasteiger partial charge in [0.25, 0.3) is 0 Å². The number of ketones is 2. The van der Waals surface area contributed by atoms with Gasteiger partial charge in [-0.25, -0.2) is 9.98 Å². The zero-order valence-electron chi connectivity index (χ0n) is 29.7. The first kappa shape index (κ1) is 36.4. The summed E-state index contributed by atoms with van der Waals surface area (Å²) < 4.78 is 12.6. The predicted molar refractivity (Wildman–Crippen MR) is 204 cm³/mol. The molecule has 0 heterocycles. The van der Waals surface area contributed by atoms with E-state index in [4.69, 9.17) is 19.5 Å². The van der Waals surface area contributed by atoms with Gasteiger partial charge in [0.05, 0.1) is 35.7 Å². The lowest BCUT2D eigenvalue weighted by Crippen LogP contribution is -2.21. The average Bonchev–Trinajstić information content (AvgIpc) is 3.16. The normalized spacial score (nSPS) is 12.8. The van der Waals surface area contributed by atoms with E-state index < -0.39 is 0 Å². The molecular weight excluding hydrogens is 620 g/mol. The van der Waals surface area contributed by atoms with Gasteiger partial charge in [0.15, 0.2) is 11.6 Å². The molecule has 6 heteroatoms. The fourth-order valence-corrected chi connectivity index (χ4v) is 6.22. The van der Waals surface area contributed by atoms with Crippen LogP contribution in [0.5, 0.6) is 0 Å². The van der Waals surface area contributed by atoms with Gasteiger partial charge < -0.3 is 9.47 Å². The Morgan fingerprint density at radius 1 is 0.460 bits per heavy atom. The second-order valence-corrected chi connectivity index (χ2v) is 12.9. The van der Waals surface area contributed by atoms with Crippen molar-refractivity contribution >= 4 is 34.7 Å². The van der Waals surface area contributed by atoms with Gasteiger partial charge in [0.1, 0.15) is 0 Å². The van der Waals surface area contributed by atoms with Crippen LogP contribution in [0.1, 0.15) is 134 Å². The number of benzene rings is 4. The SMILES string of the molecule is CCCCCCCCOC(=Nc1ccc(N=C(OCCCCCCCC)c2ccccc2)c2c1C(=O)c1ccccc1C2=O)c1ccccc1. The summed E-state index contributed by atoms with van der Waals surface area (Å²) >= 11 is 0. The van der Waals surface area contributed by atoms with Crippen LogP contribution < -0.4 is 0 Å². The van der Waals surface area contributed by atoms with Crippen molar-refractivity contribution in [2.75, 3.05) is 13.2 Å². The summed E-state index contributed by atoms with van der Waals surface area (Å²) in [5, 5.41) is 0. The van der Waals surface area contributed by atoms with Crippen molar-refractivity contribution in [1.82, 2.24) is 0 Å². The minimum atomic E-state index is -0.261. The molecule has 4 aromatic rings. The Kier molecular flexibility index (Phi) is 14.1. The first-order valence-corrected chi connectivity index (χ1v) is 18.5. The van der Waals surface area contributed by atoms with E-state index >= 15 is 0 Å². The zero-order valence-corrected chi connectivity index (χ0v) is 29.7. The van der Waals surface area contributed by atoms with Crippen molar-refractivity contribution < 1.29 is 19.1 Å². The van der Waals surface area contributed by atoms with Crippen LogP contribution in [0.2, 0.25) is 0 Å². The Hall–Kier alpha value is -4.84. The molecule has 0 unspecified atom stereocenters. The number of hydrogen-bond donors (Lipinski definition) is 0. The first-order chi connectivity index (χ1) is 24.6. The highest BCUT2D eigenvalue weighted by molar-refractivity contribution is 6.32. The van der Waals surface area contributed by atoms with E-state index in [9.17, 15) is 9.59 Å². The molecule has 0 amide bonds. The van der Waals surface area contributed by atoms with Crippen LogP contribution >= 0.6 is 0 Å². The highest BCUT2D eigenvalue weighted by atomic mass is 16.5. The minimum Gasteiger partial charge on any atom is -0.477 e. The third-order valence-corrected chi connectivity index (χ3v) is 8.99. The molecule has 5 rings (SSSR count). The average molecular weight is 671 g/mol. The summed E-state index contributed by atoms with van der Waals surface area (Å²) in [6.07, 6.45) is 13.7. The molecule has 1 aliphatic carbocycles. The van der Waals surface area contributed by atoms with E-state index in [-0.39, 0.29) is 22.7 Å². The van der Waals surface area contributed by atoms with Crippen molar-refractivity contribution in [3.05, 3.63) is 130 Å². The largest absolute Gasteiger partial charge is 0.477 e. The molecule has 0 radical (unpaired) electrons. The Morgan fingerprint density at radius 3 is 1.22 bits per heavy atom. The van der Waals surface area contributed by atoms with Gasteiger partial charge >= 0.3 is 0 Å². The quantitative estimate of drug-likeness (QED) is 0.0528. The van der Waals surface area contributed by atoms with E-state index in [1.807, 2.05) is 60.7 Å². The van der Waals surface area contributed by atoms with E-state index in [2.05, 4.69) is 13.8 Å². The molecular formula is C44H50N2O4. The van der Waals surface area contributed by atoms with E-state index in [1.54, 1.807) is 36.4 Å². The topological polar surface area (TPSA) is 77.3 Å².